The molecule has 3 N–H and O–H groups in total. The molecule has 0 spiro atoms. The van der Waals surface area contributed by atoms with Crippen LogP contribution in [0.1, 0.15) is 0 Å². The van der Waals surface area contributed by atoms with E-state index in [1.807, 2.05) is 11.1 Å². The molecule has 0 saturated carbocycles. The highest BCUT2D eigenvalue weighted by molar-refractivity contribution is 5.97. The second kappa shape index (κ2) is 2.14. The molecule has 58 valence electrons. The van der Waals surface area contributed by atoms with Crippen molar-refractivity contribution in [2.75, 3.05) is 13.1 Å². The van der Waals surface area contributed by atoms with Crippen LogP contribution in [-0.4, -0.2) is 35.3 Å². The van der Waals surface area contributed by atoms with Crippen LogP contribution in [0, 0.1) is 5.41 Å². The molecule has 0 aromatic carbocycles. The average molecular weight is 151 g/mol. The first-order chi connectivity index (χ1) is 5.27. The second-order valence-electron chi connectivity index (χ2n) is 2.51. The third-order valence-electron chi connectivity index (χ3n) is 1.75. The maximum Gasteiger partial charge on any atom is 0.141 e. The Labute approximate surface area is 64.2 Å². The molecule has 0 saturated heterocycles. The highest BCUT2D eigenvalue weighted by atomic mass is 15.8. The summed E-state index contributed by atoms with van der Waals surface area (Å²) in [6.45, 7) is 1.19. The Balaban J connectivity index is 2.28. The number of hydrogen-bond acceptors (Lipinski definition) is 4. The lowest BCUT2D eigenvalue weighted by atomic mass is 10.4. The SMILES string of the molecule is N=C1CN2C(=CCN2N)C=N1. The van der Waals surface area contributed by atoms with Gasteiger partial charge in [0.1, 0.15) is 5.84 Å². The Bertz CT molecular complexity index is 254. The predicted molar refractivity (Wildman–Crippen MR) is 41.9 cm³/mol. The van der Waals surface area contributed by atoms with E-state index in [0.29, 0.717) is 18.9 Å². The molecule has 0 bridgehead atoms. The van der Waals surface area contributed by atoms with Crippen molar-refractivity contribution in [1.29, 1.82) is 5.41 Å². The molecule has 0 aromatic rings. The summed E-state index contributed by atoms with van der Waals surface area (Å²) in [7, 11) is 0. The van der Waals surface area contributed by atoms with E-state index in [0.717, 1.165) is 5.70 Å². The van der Waals surface area contributed by atoms with Crippen molar-refractivity contribution in [2.45, 2.75) is 0 Å². The number of allylic oxidation sites excluding steroid dienone is 1. The van der Waals surface area contributed by atoms with E-state index in [4.69, 9.17) is 11.3 Å². The summed E-state index contributed by atoms with van der Waals surface area (Å²) in [6, 6.07) is 0. The first-order valence-electron chi connectivity index (χ1n) is 3.39. The van der Waals surface area contributed by atoms with Gasteiger partial charge in [-0.25, -0.2) is 4.99 Å². The molecule has 2 rings (SSSR count). The molecule has 0 fully saturated rings. The quantitative estimate of drug-likeness (QED) is 0.451. The van der Waals surface area contributed by atoms with Crippen molar-refractivity contribution >= 4 is 12.1 Å². The summed E-state index contributed by atoms with van der Waals surface area (Å²) in [5, 5.41) is 10.7. The minimum atomic E-state index is 0.347. The minimum absolute atomic E-state index is 0.347. The molecule has 0 radical (unpaired) electrons. The van der Waals surface area contributed by atoms with E-state index in [1.54, 1.807) is 11.3 Å². The lowest BCUT2D eigenvalue weighted by molar-refractivity contribution is 0.0611. The molecule has 5 heteroatoms. The smallest absolute Gasteiger partial charge is 0.141 e. The topological polar surface area (TPSA) is 68.7 Å². The van der Waals surface area contributed by atoms with Gasteiger partial charge >= 0.3 is 0 Å². The normalized spacial score (nSPS) is 23.9. The summed E-state index contributed by atoms with van der Waals surface area (Å²) in [4.78, 5) is 3.87. The van der Waals surface area contributed by atoms with Gasteiger partial charge in [-0.3, -0.25) is 16.3 Å². The Morgan fingerprint density at radius 1 is 1.64 bits per heavy atom. The summed E-state index contributed by atoms with van der Waals surface area (Å²) >= 11 is 0. The van der Waals surface area contributed by atoms with E-state index in [-0.39, 0.29) is 0 Å². The zero-order valence-electron chi connectivity index (χ0n) is 5.99. The molecule has 0 unspecified atom stereocenters. The lowest BCUT2D eigenvalue weighted by Crippen LogP contribution is -2.46. The second-order valence-corrected chi connectivity index (χ2v) is 2.51. The number of hydrogen-bond donors (Lipinski definition) is 2. The molecule has 0 atom stereocenters. The largest absolute Gasteiger partial charge is 0.285 e. The number of amidine groups is 1. The molecular formula is C6H9N5. The Morgan fingerprint density at radius 2 is 2.45 bits per heavy atom. The van der Waals surface area contributed by atoms with Gasteiger partial charge in [-0.15, -0.1) is 0 Å². The van der Waals surface area contributed by atoms with Crippen LogP contribution < -0.4 is 5.84 Å². The van der Waals surface area contributed by atoms with Crippen LogP contribution in [0.5, 0.6) is 0 Å². The van der Waals surface area contributed by atoms with Gasteiger partial charge in [-0.2, -0.15) is 5.12 Å². The molecular weight excluding hydrogens is 142 g/mol. The van der Waals surface area contributed by atoms with E-state index in [2.05, 4.69) is 4.99 Å². The van der Waals surface area contributed by atoms with E-state index < -0.39 is 0 Å². The Kier molecular flexibility index (Phi) is 1.27. The van der Waals surface area contributed by atoms with E-state index >= 15 is 0 Å². The Hall–Kier alpha value is -1.20. The summed E-state index contributed by atoms with van der Waals surface area (Å²) < 4.78 is 0. The van der Waals surface area contributed by atoms with Gasteiger partial charge in [0.2, 0.25) is 0 Å². The summed E-state index contributed by atoms with van der Waals surface area (Å²) in [6.07, 6.45) is 3.65. The van der Waals surface area contributed by atoms with Gasteiger partial charge in [0.15, 0.2) is 0 Å². The maximum absolute atomic E-state index is 7.28. The number of fused-ring (bicyclic) bond motifs is 1. The third kappa shape index (κ3) is 0.941. The van der Waals surface area contributed by atoms with Crippen LogP contribution in [0.3, 0.4) is 0 Å². The van der Waals surface area contributed by atoms with Gasteiger partial charge in [-0.05, 0) is 6.08 Å². The number of rotatable bonds is 0. The molecule has 0 amide bonds. The van der Waals surface area contributed by atoms with Crippen LogP contribution in [0.25, 0.3) is 0 Å². The molecule has 2 aliphatic rings. The fraction of sp³-hybridized carbons (Fsp3) is 0.333. The van der Waals surface area contributed by atoms with Crippen molar-refractivity contribution in [1.82, 2.24) is 10.1 Å². The lowest BCUT2D eigenvalue weighted by Gasteiger charge is -2.28. The van der Waals surface area contributed by atoms with Gasteiger partial charge < -0.3 is 0 Å². The molecule has 5 nitrogen and oxygen atoms in total. The highest BCUT2D eigenvalue weighted by Crippen LogP contribution is 2.14. The van der Waals surface area contributed by atoms with Gasteiger partial charge in [-0.1, -0.05) is 0 Å². The van der Waals surface area contributed by atoms with E-state index in [1.165, 1.54) is 0 Å². The van der Waals surface area contributed by atoms with Crippen molar-refractivity contribution in [3.05, 3.63) is 11.8 Å². The predicted octanol–water partition coefficient (Wildman–Crippen LogP) is -0.662. The minimum Gasteiger partial charge on any atom is -0.285 e. The van der Waals surface area contributed by atoms with Crippen molar-refractivity contribution in [3.8, 4) is 0 Å². The van der Waals surface area contributed by atoms with Crippen molar-refractivity contribution < 1.29 is 0 Å². The molecule has 11 heavy (non-hydrogen) atoms. The van der Waals surface area contributed by atoms with Crippen molar-refractivity contribution in [2.24, 2.45) is 10.8 Å². The van der Waals surface area contributed by atoms with Gasteiger partial charge in [0.05, 0.1) is 25.0 Å². The van der Waals surface area contributed by atoms with Crippen molar-refractivity contribution in [3.63, 3.8) is 0 Å². The summed E-state index contributed by atoms with van der Waals surface area (Å²) in [5.74, 6) is 5.95. The maximum atomic E-state index is 7.28. The highest BCUT2D eigenvalue weighted by Gasteiger charge is 2.23. The average Bonchev–Trinajstić information content (AvgIpc) is 2.33. The van der Waals surface area contributed by atoms with Crippen LogP contribution in [0.15, 0.2) is 16.8 Å². The number of aliphatic imine (C=N–C) groups is 1. The molecule has 2 heterocycles. The fourth-order valence-corrected chi connectivity index (χ4v) is 1.17. The van der Waals surface area contributed by atoms with E-state index in [9.17, 15) is 0 Å². The van der Waals surface area contributed by atoms with Gasteiger partial charge in [0.25, 0.3) is 0 Å². The fourth-order valence-electron chi connectivity index (χ4n) is 1.17. The number of nitrogens with zero attached hydrogens (tertiary/aromatic N) is 3. The van der Waals surface area contributed by atoms with Crippen LogP contribution in [0.4, 0.5) is 0 Å². The molecule has 0 aliphatic carbocycles. The zero-order chi connectivity index (χ0) is 7.84. The molecule has 0 aromatic heterocycles. The number of hydrazine groups is 2. The number of nitrogens with two attached hydrogens (primary N) is 1. The monoisotopic (exact) mass is 151 g/mol. The summed E-state index contributed by atoms with van der Waals surface area (Å²) in [5.41, 5.74) is 0.989. The van der Waals surface area contributed by atoms with Gasteiger partial charge in [0, 0.05) is 0 Å². The van der Waals surface area contributed by atoms with Crippen LogP contribution >= 0.6 is 0 Å². The first kappa shape index (κ1) is 6.51. The van der Waals surface area contributed by atoms with Crippen LogP contribution in [-0.2, 0) is 0 Å². The Morgan fingerprint density at radius 3 is 3.27 bits per heavy atom. The number of nitrogens with one attached hydrogen (secondary N) is 1. The third-order valence-corrected chi connectivity index (χ3v) is 1.75. The van der Waals surface area contributed by atoms with Crippen LogP contribution in [0.2, 0.25) is 0 Å². The molecule has 2 aliphatic heterocycles. The zero-order valence-corrected chi connectivity index (χ0v) is 5.99. The first-order valence-corrected chi connectivity index (χ1v) is 3.39. The standard InChI is InChI=1S/C6H9N5/c7-6-4-10-5(3-9-6)1-2-11(10)8/h1,3,7H,2,4,8H2.